The van der Waals surface area contributed by atoms with Gasteiger partial charge in [0.2, 0.25) is 5.95 Å². The van der Waals surface area contributed by atoms with Crippen LogP contribution in [0.5, 0.6) is 0 Å². The molecule has 2 aromatic carbocycles. The molecule has 24 heavy (non-hydrogen) atoms. The van der Waals surface area contributed by atoms with Crippen molar-refractivity contribution in [3.63, 3.8) is 0 Å². The number of nitrogen functional groups attached to an aromatic ring is 2. The summed E-state index contributed by atoms with van der Waals surface area (Å²) in [6.07, 6.45) is 0. The number of nitrogens with zero attached hydrogens (tertiary/aromatic N) is 4. The molecule has 0 saturated heterocycles. The normalized spacial score (nSPS) is 9.92. The second kappa shape index (κ2) is 6.07. The fourth-order valence-corrected chi connectivity index (χ4v) is 2.40. The summed E-state index contributed by atoms with van der Waals surface area (Å²) in [5, 5.41) is 18.3. The second-order valence-electron chi connectivity index (χ2n) is 5.07. The molecule has 0 aliphatic rings. The molecule has 3 rings (SSSR count). The van der Waals surface area contributed by atoms with E-state index in [0.29, 0.717) is 16.8 Å². The van der Waals surface area contributed by atoms with Crippen molar-refractivity contribution >= 4 is 11.8 Å². The number of nitriles is 2. The van der Waals surface area contributed by atoms with Crippen LogP contribution < -0.4 is 11.5 Å². The van der Waals surface area contributed by atoms with Gasteiger partial charge in [-0.15, -0.1) is 0 Å². The average Bonchev–Trinajstić information content (AvgIpc) is 2.61. The van der Waals surface area contributed by atoms with Gasteiger partial charge in [0, 0.05) is 5.56 Å². The van der Waals surface area contributed by atoms with Crippen molar-refractivity contribution in [3.05, 3.63) is 59.7 Å². The molecule has 0 saturated carbocycles. The van der Waals surface area contributed by atoms with Crippen LogP contribution in [0.2, 0.25) is 0 Å². The van der Waals surface area contributed by atoms with E-state index in [4.69, 9.17) is 16.7 Å². The number of nitrogens with two attached hydrogens (primary N) is 2. The van der Waals surface area contributed by atoms with Gasteiger partial charge in [-0.25, -0.2) is 4.98 Å². The Morgan fingerprint density at radius 3 is 2.17 bits per heavy atom. The molecule has 0 spiro atoms. The SMILES string of the molecule is N#Cc1cccc(-c2ccc(-c3nc(N)nc(N)c3C#N)cc2)c1. The molecule has 3 aromatic rings. The molecule has 0 atom stereocenters. The van der Waals surface area contributed by atoms with Crippen LogP contribution in [0.25, 0.3) is 22.4 Å². The predicted octanol–water partition coefficient (Wildman–Crippen LogP) is 2.72. The van der Waals surface area contributed by atoms with Crippen LogP contribution in [0.15, 0.2) is 48.5 Å². The average molecular weight is 312 g/mol. The lowest BCUT2D eigenvalue weighted by Crippen LogP contribution is -2.04. The van der Waals surface area contributed by atoms with E-state index in [9.17, 15) is 5.26 Å². The molecule has 0 unspecified atom stereocenters. The Bertz CT molecular complexity index is 993. The Hall–Kier alpha value is -3.90. The van der Waals surface area contributed by atoms with E-state index in [-0.39, 0.29) is 17.3 Å². The van der Waals surface area contributed by atoms with Crippen LogP contribution in [-0.4, -0.2) is 9.97 Å². The summed E-state index contributed by atoms with van der Waals surface area (Å²) in [6.45, 7) is 0. The molecule has 0 amide bonds. The Labute approximate surface area is 138 Å². The van der Waals surface area contributed by atoms with Crippen molar-refractivity contribution in [1.29, 1.82) is 10.5 Å². The molecule has 1 aromatic heterocycles. The molecular weight excluding hydrogens is 300 g/mol. The van der Waals surface area contributed by atoms with Gasteiger partial charge in [-0.2, -0.15) is 15.5 Å². The Morgan fingerprint density at radius 2 is 1.50 bits per heavy atom. The monoisotopic (exact) mass is 312 g/mol. The van der Waals surface area contributed by atoms with E-state index >= 15 is 0 Å². The van der Waals surface area contributed by atoms with Crippen molar-refractivity contribution in [2.24, 2.45) is 0 Å². The summed E-state index contributed by atoms with van der Waals surface area (Å²) in [6, 6.07) is 18.9. The highest BCUT2D eigenvalue weighted by atomic mass is 15.0. The van der Waals surface area contributed by atoms with Crippen molar-refractivity contribution in [2.45, 2.75) is 0 Å². The molecular formula is C18H12N6. The topological polar surface area (TPSA) is 125 Å². The van der Waals surface area contributed by atoms with Gasteiger partial charge in [-0.05, 0) is 23.3 Å². The first-order valence-corrected chi connectivity index (χ1v) is 7.06. The third-order valence-electron chi connectivity index (χ3n) is 3.55. The molecule has 1 heterocycles. The van der Waals surface area contributed by atoms with Gasteiger partial charge in [-0.1, -0.05) is 36.4 Å². The molecule has 0 aliphatic carbocycles. The molecule has 0 fully saturated rings. The van der Waals surface area contributed by atoms with Gasteiger partial charge in [0.05, 0.1) is 17.3 Å². The largest absolute Gasteiger partial charge is 0.382 e. The lowest BCUT2D eigenvalue weighted by atomic mass is 10.00. The summed E-state index contributed by atoms with van der Waals surface area (Å²) in [5.74, 6) is 0.0816. The maximum atomic E-state index is 9.26. The molecule has 0 aliphatic heterocycles. The smallest absolute Gasteiger partial charge is 0.222 e. The van der Waals surface area contributed by atoms with Gasteiger partial charge < -0.3 is 11.5 Å². The molecule has 6 heteroatoms. The van der Waals surface area contributed by atoms with E-state index in [1.165, 1.54) is 0 Å². The fourth-order valence-electron chi connectivity index (χ4n) is 2.40. The van der Waals surface area contributed by atoms with Crippen molar-refractivity contribution in [1.82, 2.24) is 9.97 Å². The summed E-state index contributed by atoms with van der Waals surface area (Å²) >= 11 is 0. The minimum atomic E-state index is 0.0206. The second-order valence-corrected chi connectivity index (χ2v) is 5.07. The lowest BCUT2D eigenvalue weighted by molar-refractivity contribution is 1.18. The fraction of sp³-hybridized carbons (Fsp3) is 0. The number of anilines is 2. The van der Waals surface area contributed by atoms with E-state index in [2.05, 4.69) is 16.0 Å². The summed E-state index contributed by atoms with van der Waals surface area (Å²) < 4.78 is 0. The Kier molecular flexibility index (Phi) is 3.80. The molecule has 114 valence electrons. The first-order chi connectivity index (χ1) is 11.6. The number of rotatable bonds is 2. The van der Waals surface area contributed by atoms with Crippen LogP contribution in [0.3, 0.4) is 0 Å². The molecule has 4 N–H and O–H groups in total. The Balaban J connectivity index is 2.05. The first-order valence-electron chi connectivity index (χ1n) is 7.06. The van der Waals surface area contributed by atoms with E-state index in [1.54, 1.807) is 6.07 Å². The minimum Gasteiger partial charge on any atom is -0.382 e. The number of hydrogen-bond donors (Lipinski definition) is 2. The predicted molar refractivity (Wildman–Crippen MR) is 91.2 cm³/mol. The van der Waals surface area contributed by atoms with Crippen LogP contribution in [0.4, 0.5) is 11.8 Å². The van der Waals surface area contributed by atoms with Crippen LogP contribution in [0.1, 0.15) is 11.1 Å². The zero-order chi connectivity index (χ0) is 17.1. The highest BCUT2D eigenvalue weighted by Crippen LogP contribution is 2.28. The standard InChI is InChI=1S/C18H12N6/c19-9-11-2-1-3-14(8-11)12-4-6-13(7-5-12)16-15(10-20)17(21)24-18(22)23-16/h1-8H,(H4,21,22,23,24). The minimum absolute atomic E-state index is 0.0206. The van der Waals surface area contributed by atoms with Gasteiger partial charge in [0.25, 0.3) is 0 Å². The van der Waals surface area contributed by atoms with E-state index in [0.717, 1.165) is 11.1 Å². The summed E-state index contributed by atoms with van der Waals surface area (Å²) in [4.78, 5) is 7.93. The van der Waals surface area contributed by atoms with Crippen molar-refractivity contribution < 1.29 is 0 Å². The van der Waals surface area contributed by atoms with Crippen LogP contribution in [-0.2, 0) is 0 Å². The lowest BCUT2D eigenvalue weighted by Gasteiger charge is -2.08. The number of hydrogen-bond acceptors (Lipinski definition) is 6. The molecule has 0 bridgehead atoms. The highest BCUT2D eigenvalue weighted by molar-refractivity contribution is 5.75. The maximum Gasteiger partial charge on any atom is 0.222 e. The first kappa shape index (κ1) is 15.0. The number of benzene rings is 2. The third-order valence-corrected chi connectivity index (χ3v) is 3.55. The summed E-state index contributed by atoms with van der Waals surface area (Å²) in [7, 11) is 0. The maximum absolute atomic E-state index is 9.26. The van der Waals surface area contributed by atoms with E-state index in [1.807, 2.05) is 48.5 Å². The van der Waals surface area contributed by atoms with Crippen molar-refractivity contribution in [2.75, 3.05) is 11.5 Å². The summed E-state index contributed by atoms with van der Waals surface area (Å²) in [5.41, 5.74) is 15.2. The third kappa shape index (κ3) is 2.72. The highest BCUT2D eigenvalue weighted by Gasteiger charge is 2.13. The number of aromatic nitrogens is 2. The van der Waals surface area contributed by atoms with Gasteiger partial charge >= 0.3 is 0 Å². The Morgan fingerprint density at radius 1 is 0.792 bits per heavy atom. The van der Waals surface area contributed by atoms with Gasteiger partial charge in [0.1, 0.15) is 17.5 Å². The molecule has 0 radical (unpaired) electrons. The van der Waals surface area contributed by atoms with Crippen molar-refractivity contribution in [3.8, 4) is 34.5 Å². The zero-order valence-corrected chi connectivity index (χ0v) is 12.6. The molecule has 6 nitrogen and oxygen atoms in total. The zero-order valence-electron chi connectivity index (χ0n) is 12.6. The quantitative estimate of drug-likeness (QED) is 0.749. The van der Waals surface area contributed by atoms with Crippen LogP contribution in [0, 0.1) is 22.7 Å². The van der Waals surface area contributed by atoms with Gasteiger partial charge in [0.15, 0.2) is 0 Å². The van der Waals surface area contributed by atoms with Crippen LogP contribution >= 0.6 is 0 Å². The van der Waals surface area contributed by atoms with Gasteiger partial charge in [-0.3, -0.25) is 0 Å². The van der Waals surface area contributed by atoms with E-state index < -0.39 is 0 Å².